The van der Waals surface area contributed by atoms with Gasteiger partial charge in [-0.1, -0.05) is 30.3 Å². The SMILES string of the molecule is CC(N)CC(c1ccccc1)C(F)(F)F. The summed E-state index contributed by atoms with van der Waals surface area (Å²) in [6.07, 6.45) is -4.30. The van der Waals surface area contributed by atoms with Crippen LogP contribution in [0.1, 0.15) is 24.8 Å². The molecule has 2 unspecified atom stereocenters. The first kappa shape index (κ1) is 12.0. The fourth-order valence-corrected chi connectivity index (χ4v) is 1.52. The summed E-state index contributed by atoms with van der Waals surface area (Å²) in [6, 6.07) is 7.42. The number of benzene rings is 1. The van der Waals surface area contributed by atoms with Crippen LogP contribution in [0, 0.1) is 0 Å². The smallest absolute Gasteiger partial charge is 0.328 e. The molecular weight excluding hydrogens is 203 g/mol. The average molecular weight is 217 g/mol. The van der Waals surface area contributed by atoms with Gasteiger partial charge in [-0.05, 0) is 18.9 Å². The molecule has 2 atom stereocenters. The standard InChI is InChI=1S/C11H14F3N/c1-8(15)7-10(11(12,13)14)9-5-3-2-4-6-9/h2-6,8,10H,7,15H2,1H3. The van der Waals surface area contributed by atoms with Crippen LogP contribution in [0.2, 0.25) is 0 Å². The van der Waals surface area contributed by atoms with Crippen molar-refractivity contribution >= 4 is 0 Å². The first-order valence-electron chi connectivity index (χ1n) is 4.78. The van der Waals surface area contributed by atoms with Crippen molar-refractivity contribution in [2.75, 3.05) is 0 Å². The molecule has 1 nitrogen and oxygen atoms in total. The van der Waals surface area contributed by atoms with Gasteiger partial charge < -0.3 is 5.73 Å². The van der Waals surface area contributed by atoms with Gasteiger partial charge in [-0.3, -0.25) is 0 Å². The summed E-state index contributed by atoms with van der Waals surface area (Å²) in [6.45, 7) is 1.58. The first-order valence-corrected chi connectivity index (χ1v) is 4.78. The quantitative estimate of drug-likeness (QED) is 0.827. The van der Waals surface area contributed by atoms with Crippen LogP contribution < -0.4 is 5.73 Å². The predicted molar refractivity (Wildman–Crippen MR) is 53.5 cm³/mol. The van der Waals surface area contributed by atoms with E-state index >= 15 is 0 Å². The minimum absolute atomic E-state index is 0.0759. The number of hydrogen-bond donors (Lipinski definition) is 1. The summed E-state index contributed by atoms with van der Waals surface area (Å²) in [5.74, 6) is -1.46. The predicted octanol–water partition coefficient (Wildman–Crippen LogP) is 3.07. The number of hydrogen-bond acceptors (Lipinski definition) is 1. The zero-order valence-electron chi connectivity index (χ0n) is 8.46. The fraction of sp³-hybridized carbons (Fsp3) is 0.455. The van der Waals surface area contributed by atoms with Crippen LogP contribution in [0.4, 0.5) is 13.2 Å². The Morgan fingerprint density at radius 2 is 1.73 bits per heavy atom. The van der Waals surface area contributed by atoms with Gasteiger partial charge in [0, 0.05) is 6.04 Å². The number of rotatable bonds is 3. The fourth-order valence-electron chi connectivity index (χ4n) is 1.52. The summed E-state index contributed by atoms with van der Waals surface area (Å²) in [7, 11) is 0. The van der Waals surface area contributed by atoms with E-state index < -0.39 is 18.1 Å². The molecule has 0 aromatic heterocycles. The normalized spacial score (nSPS) is 16.1. The second-order valence-electron chi connectivity index (χ2n) is 3.72. The third kappa shape index (κ3) is 3.55. The van der Waals surface area contributed by atoms with Gasteiger partial charge in [-0.15, -0.1) is 0 Å². The lowest BCUT2D eigenvalue weighted by molar-refractivity contribution is -0.152. The van der Waals surface area contributed by atoms with Crippen LogP contribution in [-0.2, 0) is 0 Å². The molecule has 84 valence electrons. The Morgan fingerprint density at radius 3 is 2.13 bits per heavy atom. The maximum absolute atomic E-state index is 12.7. The third-order valence-corrected chi connectivity index (χ3v) is 2.20. The van der Waals surface area contributed by atoms with E-state index in [1.54, 1.807) is 25.1 Å². The summed E-state index contributed by atoms with van der Waals surface area (Å²) in [4.78, 5) is 0. The zero-order chi connectivity index (χ0) is 11.5. The van der Waals surface area contributed by atoms with Crippen LogP contribution in [0.3, 0.4) is 0 Å². The molecule has 0 saturated carbocycles. The van der Waals surface area contributed by atoms with Gasteiger partial charge in [0.2, 0.25) is 0 Å². The van der Waals surface area contributed by atoms with E-state index in [0.29, 0.717) is 0 Å². The van der Waals surface area contributed by atoms with Crippen molar-refractivity contribution in [1.82, 2.24) is 0 Å². The minimum Gasteiger partial charge on any atom is -0.328 e. The van der Waals surface area contributed by atoms with E-state index in [4.69, 9.17) is 5.73 Å². The van der Waals surface area contributed by atoms with Crippen molar-refractivity contribution in [3.63, 3.8) is 0 Å². The van der Waals surface area contributed by atoms with E-state index in [2.05, 4.69) is 0 Å². The molecule has 0 spiro atoms. The molecule has 0 heterocycles. The molecule has 0 bridgehead atoms. The second-order valence-corrected chi connectivity index (χ2v) is 3.72. The molecule has 1 aromatic rings. The highest BCUT2D eigenvalue weighted by atomic mass is 19.4. The van der Waals surface area contributed by atoms with Crippen LogP contribution >= 0.6 is 0 Å². The molecule has 0 saturated heterocycles. The Hall–Kier alpha value is -1.03. The maximum Gasteiger partial charge on any atom is 0.395 e. The largest absolute Gasteiger partial charge is 0.395 e. The summed E-state index contributed by atoms with van der Waals surface area (Å²) >= 11 is 0. The van der Waals surface area contributed by atoms with E-state index in [1.807, 2.05) is 0 Å². The molecule has 0 fully saturated rings. The summed E-state index contributed by atoms with van der Waals surface area (Å²) in [5, 5.41) is 0. The monoisotopic (exact) mass is 217 g/mol. The van der Waals surface area contributed by atoms with Gasteiger partial charge >= 0.3 is 6.18 Å². The van der Waals surface area contributed by atoms with Crippen molar-refractivity contribution in [2.24, 2.45) is 5.73 Å². The van der Waals surface area contributed by atoms with E-state index in [1.165, 1.54) is 12.1 Å². The molecule has 15 heavy (non-hydrogen) atoms. The molecular formula is C11H14F3N. The topological polar surface area (TPSA) is 26.0 Å². The Morgan fingerprint density at radius 1 is 1.20 bits per heavy atom. The molecule has 2 N–H and O–H groups in total. The molecule has 0 aliphatic carbocycles. The highest BCUT2D eigenvalue weighted by Gasteiger charge is 2.40. The van der Waals surface area contributed by atoms with Crippen molar-refractivity contribution in [3.05, 3.63) is 35.9 Å². The van der Waals surface area contributed by atoms with Crippen molar-refractivity contribution in [1.29, 1.82) is 0 Å². The molecule has 0 aliphatic heterocycles. The zero-order valence-corrected chi connectivity index (χ0v) is 8.46. The number of nitrogens with two attached hydrogens (primary N) is 1. The van der Waals surface area contributed by atoms with Crippen molar-refractivity contribution < 1.29 is 13.2 Å². The minimum atomic E-state index is -4.23. The van der Waals surface area contributed by atoms with Gasteiger partial charge in [0.05, 0.1) is 5.92 Å². The summed E-state index contributed by atoms with van der Waals surface area (Å²) < 4.78 is 38.1. The Balaban J connectivity index is 2.92. The van der Waals surface area contributed by atoms with Crippen molar-refractivity contribution in [3.8, 4) is 0 Å². The molecule has 0 amide bonds. The molecule has 0 aliphatic rings. The maximum atomic E-state index is 12.7. The Labute approximate surface area is 87.1 Å². The average Bonchev–Trinajstić information content (AvgIpc) is 2.14. The van der Waals surface area contributed by atoms with E-state index in [0.717, 1.165) is 0 Å². The third-order valence-electron chi connectivity index (χ3n) is 2.20. The highest BCUT2D eigenvalue weighted by Crippen LogP contribution is 2.37. The van der Waals surface area contributed by atoms with Gasteiger partial charge in [0.25, 0.3) is 0 Å². The number of alkyl halides is 3. The first-order chi connectivity index (χ1) is 6.91. The van der Waals surface area contributed by atoms with Crippen LogP contribution in [0.5, 0.6) is 0 Å². The van der Waals surface area contributed by atoms with Crippen LogP contribution in [0.15, 0.2) is 30.3 Å². The van der Waals surface area contributed by atoms with Crippen LogP contribution in [0.25, 0.3) is 0 Å². The number of halogens is 3. The molecule has 0 radical (unpaired) electrons. The van der Waals surface area contributed by atoms with E-state index in [9.17, 15) is 13.2 Å². The lowest BCUT2D eigenvalue weighted by Gasteiger charge is -2.22. The second kappa shape index (κ2) is 4.66. The van der Waals surface area contributed by atoms with Crippen molar-refractivity contribution in [2.45, 2.75) is 31.5 Å². The lowest BCUT2D eigenvalue weighted by atomic mass is 9.92. The van der Waals surface area contributed by atoms with Gasteiger partial charge in [-0.25, -0.2) is 0 Å². The Kier molecular flexibility index (Phi) is 3.74. The Bertz CT molecular complexity index is 292. The lowest BCUT2D eigenvalue weighted by Crippen LogP contribution is -2.28. The molecule has 1 aromatic carbocycles. The van der Waals surface area contributed by atoms with E-state index in [-0.39, 0.29) is 12.0 Å². The van der Waals surface area contributed by atoms with Gasteiger partial charge in [0.15, 0.2) is 0 Å². The summed E-state index contributed by atoms with van der Waals surface area (Å²) in [5.41, 5.74) is 5.71. The highest BCUT2D eigenvalue weighted by molar-refractivity contribution is 5.21. The van der Waals surface area contributed by atoms with Gasteiger partial charge in [-0.2, -0.15) is 13.2 Å². The molecule has 4 heteroatoms. The van der Waals surface area contributed by atoms with Gasteiger partial charge in [0.1, 0.15) is 0 Å². The van der Waals surface area contributed by atoms with Crippen LogP contribution in [-0.4, -0.2) is 12.2 Å². The molecule has 1 rings (SSSR count).